The number of nitrogens with zero attached hydrogens (tertiary/aromatic N) is 2. The average molecular weight is 420 g/mol. The summed E-state index contributed by atoms with van der Waals surface area (Å²) in [5.41, 5.74) is 1.45. The van der Waals surface area contributed by atoms with Gasteiger partial charge in [-0.15, -0.1) is 0 Å². The van der Waals surface area contributed by atoms with Gasteiger partial charge in [-0.25, -0.2) is 0 Å². The summed E-state index contributed by atoms with van der Waals surface area (Å²) in [6, 6.07) is 10.9. The molecule has 0 spiro atoms. The maximum Gasteiger partial charge on any atom is 0.306 e. The first kappa shape index (κ1) is 22.4. The largest absolute Gasteiger partial charge is 0.383 e. The van der Waals surface area contributed by atoms with E-state index in [1.165, 1.54) is 18.2 Å². The number of aryl methyl sites for hydroxylation is 1. The van der Waals surface area contributed by atoms with Crippen LogP contribution in [0.2, 0.25) is 0 Å². The number of nitro benzene ring substituents is 1. The number of benzene rings is 2. The first-order valence-electron chi connectivity index (χ1n) is 9.13. The normalized spacial score (nSPS) is 11.1. The van der Waals surface area contributed by atoms with E-state index in [0.717, 1.165) is 24.7 Å². The highest BCUT2D eigenvalue weighted by molar-refractivity contribution is 7.86. The van der Waals surface area contributed by atoms with Gasteiger partial charge in [-0.2, -0.15) is 8.42 Å². The number of nitro groups is 1. The van der Waals surface area contributed by atoms with E-state index in [1.54, 1.807) is 36.1 Å². The fourth-order valence-electron chi connectivity index (χ4n) is 2.77. The zero-order valence-corrected chi connectivity index (χ0v) is 17.4. The molecule has 0 aromatic heterocycles. The second-order valence-electron chi connectivity index (χ2n) is 6.77. The molecule has 0 saturated heterocycles. The molecule has 0 atom stereocenters. The van der Waals surface area contributed by atoms with E-state index in [-0.39, 0.29) is 22.9 Å². The fourth-order valence-corrected chi connectivity index (χ4v) is 3.23. The number of carbonyl (C=O) groups is 1. The van der Waals surface area contributed by atoms with E-state index < -0.39 is 15.0 Å². The second kappa shape index (κ2) is 9.51. The lowest BCUT2D eigenvalue weighted by Crippen LogP contribution is -2.31. The van der Waals surface area contributed by atoms with Crippen molar-refractivity contribution in [3.05, 3.63) is 69.3 Å². The monoisotopic (exact) mass is 420 g/mol. The maximum atomic E-state index is 13.0. The molecule has 29 heavy (non-hydrogen) atoms. The van der Waals surface area contributed by atoms with Crippen LogP contribution in [0.1, 0.15) is 41.3 Å². The van der Waals surface area contributed by atoms with Crippen LogP contribution in [-0.4, -0.2) is 36.9 Å². The molecule has 156 valence electrons. The van der Waals surface area contributed by atoms with Gasteiger partial charge in [0.05, 0.1) is 11.2 Å². The molecule has 2 aromatic carbocycles. The Balaban J connectivity index is 2.24. The van der Waals surface area contributed by atoms with Crippen molar-refractivity contribution in [1.29, 1.82) is 0 Å². The third-order valence-corrected chi connectivity index (χ3v) is 4.76. The molecule has 0 aliphatic carbocycles. The second-order valence-corrected chi connectivity index (χ2v) is 8.34. The van der Waals surface area contributed by atoms with E-state index in [4.69, 9.17) is 4.18 Å². The summed E-state index contributed by atoms with van der Waals surface area (Å²) < 4.78 is 27.2. The van der Waals surface area contributed by atoms with Crippen LogP contribution in [-0.2, 0) is 16.7 Å². The Labute approximate surface area is 170 Å². The van der Waals surface area contributed by atoms with Crippen LogP contribution in [0, 0.1) is 17.0 Å². The molecule has 0 aliphatic heterocycles. The lowest BCUT2D eigenvalue weighted by atomic mass is 10.1. The van der Waals surface area contributed by atoms with Gasteiger partial charge in [-0.3, -0.25) is 14.9 Å². The van der Waals surface area contributed by atoms with Gasteiger partial charge in [-0.1, -0.05) is 31.5 Å². The van der Waals surface area contributed by atoms with Gasteiger partial charge >= 0.3 is 10.1 Å². The Morgan fingerprint density at radius 3 is 2.38 bits per heavy atom. The van der Waals surface area contributed by atoms with Gasteiger partial charge in [0.2, 0.25) is 0 Å². The molecule has 2 rings (SSSR count). The van der Waals surface area contributed by atoms with E-state index in [9.17, 15) is 23.3 Å². The van der Waals surface area contributed by atoms with Crippen molar-refractivity contribution >= 4 is 21.7 Å². The molecule has 0 bridgehead atoms. The fraction of sp³-hybridized carbons (Fsp3) is 0.350. The highest BCUT2D eigenvalue weighted by atomic mass is 32.2. The zero-order chi connectivity index (χ0) is 21.6. The van der Waals surface area contributed by atoms with E-state index in [0.29, 0.717) is 18.7 Å². The SMILES string of the molecule is CCCCN(Cc1ccc(OS(C)(=O)=O)cc1)C(=O)c1ccc(C)c([N+](=O)[O-])c1. The molecule has 1 amide bonds. The molecule has 0 fully saturated rings. The minimum absolute atomic E-state index is 0.0893. The summed E-state index contributed by atoms with van der Waals surface area (Å²) in [4.78, 5) is 25.3. The predicted octanol–water partition coefficient (Wildman–Crippen LogP) is 3.68. The highest BCUT2D eigenvalue weighted by Gasteiger charge is 2.20. The number of hydrogen-bond acceptors (Lipinski definition) is 6. The molecule has 0 unspecified atom stereocenters. The summed E-state index contributed by atoms with van der Waals surface area (Å²) in [6.07, 6.45) is 2.64. The Morgan fingerprint density at radius 2 is 1.83 bits per heavy atom. The van der Waals surface area contributed by atoms with Crippen LogP contribution >= 0.6 is 0 Å². The van der Waals surface area contributed by atoms with Crippen LogP contribution in [0.3, 0.4) is 0 Å². The molecule has 0 heterocycles. The van der Waals surface area contributed by atoms with Gasteiger partial charge in [0.1, 0.15) is 5.75 Å². The summed E-state index contributed by atoms with van der Waals surface area (Å²) in [7, 11) is -3.61. The van der Waals surface area contributed by atoms with E-state index in [2.05, 4.69) is 0 Å². The van der Waals surface area contributed by atoms with Crippen molar-refractivity contribution in [3.8, 4) is 5.75 Å². The van der Waals surface area contributed by atoms with Crippen molar-refractivity contribution in [2.24, 2.45) is 0 Å². The minimum Gasteiger partial charge on any atom is -0.383 e. The molecule has 8 nitrogen and oxygen atoms in total. The number of amides is 1. The Hall–Kier alpha value is -2.94. The van der Waals surface area contributed by atoms with Gasteiger partial charge in [-0.05, 0) is 37.1 Å². The number of rotatable bonds is 9. The van der Waals surface area contributed by atoms with Crippen LogP contribution in [0.25, 0.3) is 0 Å². The molecule has 0 aliphatic rings. The number of unbranched alkanes of at least 4 members (excludes halogenated alkanes) is 1. The topological polar surface area (TPSA) is 107 Å². The smallest absolute Gasteiger partial charge is 0.306 e. The quantitative estimate of drug-likeness (QED) is 0.348. The third kappa shape index (κ3) is 6.56. The van der Waals surface area contributed by atoms with E-state index >= 15 is 0 Å². The molecule has 0 radical (unpaired) electrons. The minimum atomic E-state index is -3.61. The van der Waals surface area contributed by atoms with Crippen molar-refractivity contribution in [3.63, 3.8) is 0 Å². The Bertz CT molecular complexity index is 987. The molecule has 9 heteroatoms. The molecule has 2 aromatic rings. The summed E-state index contributed by atoms with van der Waals surface area (Å²) in [5, 5.41) is 11.2. The number of hydrogen-bond donors (Lipinski definition) is 0. The Kier molecular flexibility index (Phi) is 7.33. The predicted molar refractivity (Wildman–Crippen MR) is 109 cm³/mol. The lowest BCUT2D eigenvalue weighted by molar-refractivity contribution is -0.385. The summed E-state index contributed by atoms with van der Waals surface area (Å²) in [5.74, 6) is -0.102. The molecule has 0 N–H and O–H groups in total. The lowest BCUT2D eigenvalue weighted by Gasteiger charge is -2.23. The van der Waals surface area contributed by atoms with Crippen LogP contribution < -0.4 is 4.18 Å². The Morgan fingerprint density at radius 1 is 1.17 bits per heavy atom. The van der Waals surface area contributed by atoms with Crippen molar-refractivity contribution < 1.29 is 22.3 Å². The van der Waals surface area contributed by atoms with Crippen LogP contribution in [0.5, 0.6) is 5.75 Å². The average Bonchev–Trinajstić information content (AvgIpc) is 2.65. The van der Waals surface area contributed by atoms with Gasteiger partial charge < -0.3 is 9.08 Å². The molecular formula is C20H24N2O6S. The van der Waals surface area contributed by atoms with Gasteiger partial charge in [0.25, 0.3) is 11.6 Å². The van der Waals surface area contributed by atoms with Crippen molar-refractivity contribution in [1.82, 2.24) is 4.90 Å². The van der Waals surface area contributed by atoms with Crippen molar-refractivity contribution in [2.75, 3.05) is 12.8 Å². The summed E-state index contributed by atoms with van der Waals surface area (Å²) >= 11 is 0. The van der Waals surface area contributed by atoms with Gasteiger partial charge in [0.15, 0.2) is 0 Å². The molecular weight excluding hydrogens is 396 g/mol. The zero-order valence-electron chi connectivity index (χ0n) is 16.6. The maximum absolute atomic E-state index is 13.0. The first-order valence-corrected chi connectivity index (χ1v) is 10.9. The van der Waals surface area contributed by atoms with Crippen molar-refractivity contribution in [2.45, 2.75) is 33.2 Å². The van der Waals surface area contributed by atoms with E-state index in [1.807, 2.05) is 6.92 Å². The number of carbonyl (C=O) groups excluding carboxylic acids is 1. The van der Waals surface area contributed by atoms with Crippen LogP contribution in [0.4, 0.5) is 5.69 Å². The standard InChI is InChI=1S/C20H24N2O6S/c1-4-5-12-21(14-16-7-10-18(11-8-16)28-29(3,26)27)20(23)17-9-6-15(2)19(13-17)22(24)25/h6-11,13H,4-5,12,14H2,1-3H3. The highest BCUT2D eigenvalue weighted by Crippen LogP contribution is 2.22. The summed E-state index contributed by atoms with van der Waals surface area (Å²) in [6.45, 7) is 4.43. The first-order chi connectivity index (χ1) is 13.6. The molecule has 0 saturated carbocycles. The van der Waals surface area contributed by atoms with Gasteiger partial charge in [0, 0.05) is 30.3 Å². The third-order valence-electron chi connectivity index (χ3n) is 4.27. The van der Waals surface area contributed by atoms with Crippen LogP contribution in [0.15, 0.2) is 42.5 Å².